The molecule has 5 atom stereocenters. The van der Waals surface area contributed by atoms with E-state index in [1.807, 2.05) is 0 Å². The number of fused-ring (bicyclic) bond motifs is 2. The summed E-state index contributed by atoms with van der Waals surface area (Å²) in [7, 11) is 0.316. The number of halogens is 6. The molecule has 3 saturated carbocycles. The van der Waals surface area contributed by atoms with E-state index < -0.39 is 70.1 Å². The van der Waals surface area contributed by atoms with Crippen molar-refractivity contribution in [3.8, 4) is 0 Å². The van der Waals surface area contributed by atoms with Crippen LogP contribution in [-0.4, -0.2) is 69.7 Å². The molecule has 0 aromatic heterocycles. The van der Waals surface area contributed by atoms with Gasteiger partial charge >= 0.3 is 35.4 Å². The van der Waals surface area contributed by atoms with Crippen molar-refractivity contribution in [2.24, 2.45) is 22.2 Å². The van der Waals surface area contributed by atoms with E-state index in [1.54, 1.807) is 13.8 Å². The molecule has 1 unspecified atom stereocenters. The largest absolute Gasteiger partial charge is 0.467 e. The van der Waals surface area contributed by atoms with Crippen molar-refractivity contribution in [3.63, 3.8) is 0 Å². The third-order valence-electron chi connectivity index (χ3n) is 6.99. The Labute approximate surface area is 192 Å². The van der Waals surface area contributed by atoms with Crippen LogP contribution in [0.1, 0.15) is 54.4 Å². The Hall–Kier alpha value is -1.89. The molecule has 0 aliphatic heterocycles. The first kappa shape index (κ1) is 28.3. The summed E-state index contributed by atoms with van der Waals surface area (Å²) in [5, 5.41) is 21.6. The van der Waals surface area contributed by atoms with Crippen molar-refractivity contribution in [2.45, 2.75) is 89.1 Å². The number of aliphatic imine (C=N–C) groups is 1. The van der Waals surface area contributed by atoms with E-state index in [0.29, 0.717) is 13.5 Å². The molecule has 0 aromatic carbocycles. The number of carbonyl (C=O) groups is 2. The Morgan fingerprint density at radius 2 is 1.50 bits per heavy atom. The normalized spacial score (nSPS) is 31.7. The van der Waals surface area contributed by atoms with Crippen LogP contribution < -0.4 is 0 Å². The quantitative estimate of drug-likeness (QED) is 0.449. The van der Waals surface area contributed by atoms with Crippen LogP contribution in [0.2, 0.25) is 0 Å². The summed E-state index contributed by atoms with van der Waals surface area (Å²) in [6.45, 7) is 7.80. The summed E-state index contributed by atoms with van der Waals surface area (Å²) in [5.41, 5.74) is -16.0. The number of hydrogen-bond acceptors (Lipinski definition) is 7. The number of rotatable bonds is 4. The minimum absolute atomic E-state index is 0.316. The SMILES string of the molecule is COC(=O)C(O)(C(F)(F)F)[C@](N=C1C[C@H]2C[C@H](C2(C)C)[C@@]1(C)O)(C(=O)OC(C)(C)C)C(F)(F)F. The Balaban J connectivity index is 2.98. The van der Waals surface area contributed by atoms with E-state index in [0.717, 1.165) is 27.7 Å². The van der Waals surface area contributed by atoms with E-state index >= 15 is 0 Å². The van der Waals surface area contributed by atoms with Crippen LogP contribution in [0, 0.1) is 17.3 Å². The van der Waals surface area contributed by atoms with Gasteiger partial charge in [-0.3, -0.25) is 4.99 Å². The van der Waals surface area contributed by atoms with Crippen molar-refractivity contribution in [1.82, 2.24) is 0 Å². The first-order valence-electron chi connectivity index (χ1n) is 10.4. The summed E-state index contributed by atoms with van der Waals surface area (Å²) >= 11 is 0. The number of alkyl halides is 6. The number of nitrogens with zero attached hydrogens (tertiary/aromatic N) is 1. The number of methoxy groups -OCH3 is 1. The van der Waals surface area contributed by atoms with Gasteiger partial charge in [0.1, 0.15) is 11.2 Å². The predicted molar refractivity (Wildman–Crippen MR) is 106 cm³/mol. The van der Waals surface area contributed by atoms with Gasteiger partial charge in [0.2, 0.25) is 0 Å². The molecule has 0 amide bonds. The second-order valence-electron chi connectivity index (χ2n) is 10.6. The fourth-order valence-corrected chi connectivity index (χ4v) is 4.95. The van der Waals surface area contributed by atoms with Gasteiger partial charge in [0.25, 0.3) is 0 Å². The van der Waals surface area contributed by atoms with Gasteiger partial charge in [0.05, 0.1) is 7.11 Å². The van der Waals surface area contributed by atoms with Gasteiger partial charge in [-0.25, -0.2) is 9.59 Å². The minimum atomic E-state index is -6.39. The first-order chi connectivity index (χ1) is 14.9. The molecule has 3 aliphatic rings. The van der Waals surface area contributed by atoms with Crippen LogP contribution in [0.15, 0.2) is 4.99 Å². The highest BCUT2D eigenvalue weighted by Crippen LogP contribution is 2.62. The minimum Gasteiger partial charge on any atom is -0.467 e. The molecule has 2 N–H and O–H groups in total. The van der Waals surface area contributed by atoms with Gasteiger partial charge in [0, 0.05) is 5.71 Å². The number of aliphatic hydroxyl groups is 2. The van der Waals surface area contributed by atoms with Crippen LogP contribution >= 0.6 is 0 Å². The van der Waals surface area contributed by atoms with Gasteiger partial charge in [-0.1, -0.05) is 13.8 Å². The van der Waals surface area contributed by atoms with Gasteiger partial charge in [0.15, 0.2) is 0 Å². The van der Waals surface area contributed by atoms with E-state index in [1.165, 1.54) is 0 Å². The highest BCUT2D eigenvalue weighted by molar-refractivity contribution is 6.01. The Morgan fingerprint density at radius 1 is 1.00 bits per heavy atom. The maximum Gasteiger partial charge on any atom is 0.431 e. The van der Waals surface area contributed by atoms with Crippen molar-refractivity contribution in [1.29, 1.82) is 0 Å². The van der Waals surface area contributed by atoms with Crippen LogP contribution in [0.25, 0.3) is 0 Å². The third-order valence-corrected chi connectivity index (χ3v) is 6.99. The molecular formula is C21H29F6NO6. The lowest BCUT2D eigenvalue weighted by atomic mass is 9.44. The smallest absolute Gasteiger partial charge is 0.431 e. The average Bonchev–Trinajstić information content (AvgIpc) is 2.61. The molecule has 3 aliphatic carbocycles. The van der Waals surface area contributed by atoms with Crippen molar-refractivity contribution >= 4 is 17.7 Å². The first-order valence-corrected chi connectivity index (χ1v) is 10.4. The van der Waals surface area contributed by atoms with Crippen LogP contribution in [0.3, 0.4) is 0 Å². The van der Waals surface area contributed by atoms with Crippen molar-refractivity contribution in [3.05, 3.63) is 0 Å². The van der Waals surface area contributed by atoms with Crippen LogP contribution in [0.4, 0.5) is 26.3 Å². The lowest BCUT2D eigenvalue weighted by molar-refractivity contribution is -0.323. The Kier molecular flexibility index (Phi) is 6.51. The molecule has 0 spiro atoms. The number of carbonyl (C=O) groups excluding carboxylic acids is 2. The molecule has 0 heterocycles. The second-order valence-corrected chi connectivity index (χ2v) is 10.6. The van der Waals surface area contributed by atoms with E-state index in [9.17, 15) is 46.1 Å². The molecule has 3 rings (SSSR count). The predicted octanol–water partition coefficient (Wildman–Crippen LogP) is 3.35. The zero-order valence-corrected chi connectivity index (χ0v) is 19.8. The average molecular weight is 505 g/mol. The van der Waals surface area contributed by atoms with Gasteiger partial charge in [-0.2, -0.15) is 26.3 Å². The Morgan fingerprint density at radius 3 is 1.82 bits per heavy atom. The molecule has 13 heteroatoms. The lowest BCUT2D eigenvalue weighted by Crippen LogP contribution is -2.77. The van der Waals surface area contributed by atoms with E-state index in [2.05, 4.69) is 14.5 Å². The fraction of sp³-hybridized carbons (Fsp3) is 0.857. The molecule has 0 saturated heterocycles. The Bertz CT molecular complexity index is 888. The van der Waals surface area contributed by atoms with E-state index in [-0.39, 0.29) is 5.92 Å². The number of esters is 2. The number of ether oxygens (including phenoxy) is 2. The second kappa shape index (κ2) is 7.81. The van der Waals surface area contributed by atoms with Gasteiger partial charge in [-0.05, 0) is 57.8 Å². The van der Waals surface area contributed by atoms with Crippen molar-refractivity contribution < 1.29 is 55.6 Å². The third kappa shape index (κ3) is 3.88. The summed E-state index contributed by atoms with van der Waals surface area (Å²) in [4.78, 5) is 28.3. The number of hydrogen-bond donors (Lipinski definition) is 2. The van der Waals surface area contributed by atoms with Crippen LogP contribution in [-0.2, 0) is 19.1 Å². The van der Waals surface area contributed by atoms with Gasteiger partial charge < -0.3 is 19.7 Å². The van der Waals surface area contributed by atoms with Crippen LogP contribution in [0.5, 0.6) is 0 Å². The maximum atomic E-state index is 14.6. The van der Waals surface area contributed by atoms with Crippen molar-refractivity contribution in [2.75, 3.05) is 7.11 Å². The molecular weight excluding hydrogens is 476 g/mol. The zero-order valence-electron chi connectivity index (χ0n) is 19.8. The molecule has 196 valence electrons. The molecule has 7 nitrogen and oxygen atoms in total. The molecule has 3 fully saturated rings. The molecule has 2 bridgehead atoms. The highest BCUT2D eigenvalue weighted by Gasteiger charge is 2.86. The molecule has 0 aromatic rings. The summed E-state index contributed by atoms with van der Waals surface area (Å²) in [6, 6.07) is 0. The van der Waals surface area contributed by atoms with Gasteiger partial charge in [-0.15, -0.1) is 0 Å². The maximum absolute atomic E-state index is 14.6. The molecule has 0 radical (unpaired) electrons. The summed E-state index contributed by atoms with van der Waals surface area (Å²) in [5.74, 6) is -6.54. The monoisotopic (exact) mass is 505 g/mol. The molecule has 34 heavy (non-hydrogen) atoms. The summed E-state index contributed by atoms with van der Waals surface area (Å²) in [6.07, 6.45) is -12.7. The van der Waals surface area contributed by atoms with E-state index in [4.69, 9.17) is 0 Å². The fourth-order valence-electron chi connectivity index (χ4n) is 4.95. The lowest BCUT2D eigenvalue weighted by Gasteiger charge is -2.63. The highest BCUT2D eigenvalue weighted by atomic mass is 19.4. The topological polar surface area (TPSA) is 105 Å². The standard InChI is InChI=1S/C21H29F6NO6/c1-15(2,3)34-13(29)18(20(22,23)24,19(32,14(30)33-7)21(25,26)27)28-12-9-10-8-11(16(10,4)5)17(12,6)31/h10-11,31-32H,8-9H2,1-7H3/t10-,11-,17-,18-,19?/m1/s1. The zero-order chi connectivity index (χ0) is 26.9. The summed E-state index contributed by atoms with van der Waals surface area (Å²) < 4.78 is 94.8.